The summed E-state index contributed by atoms with van der Waals surface area (Å²) in [5, 5.41) is 10.0. The number of aromatic hydroxyl groups is 1. The van der Waals surface area contributed by atoms with Crippen LogP contribution in [-0.2, 0) is 0 Å². The maximum Gasteiger partial charge on any atom is 0.195 e. The van der Waals surface area contributed by atoms with Gasteiger partial charge in [-0.1, -0.05) is 6.08 Å². The van der Waals surface area contributed by atoms with Gasteiger partial charge in [0.15, 0.2) is 16.8 Å². The van der Waals surface area contributed by atoms with Crippen LogP contribution in [0.4, 0.5) is 0 Å². The molecule has 0 aliphatic heterocycles. The number of rotatable bonds is 2. The highest BCUT2D eigenvalue weighted by Gasteiger charge is 2.17. The van der Waals surface area contributed by atoms with Gasteiger partial charge in [-0.15, -0.1) is 0 Å². The van der Waals surface area contributed by atoms with Crippen molar-refractivity contribution >= 4 is 16.8 Å². The number of ketones is 1. The zero-order chi connectivity index (χ0) is 13.3. The van der Waals surface area contributed by atoms with Gasteiger partial charge >= 0.3 is 0 Å². The van der Waals surface area contributed by atoms with Crippen LogP contribution in [0.2, 0.25) is 0 Å². The summed E-state index contributed by atoms with van der Waals surface area (Å²) in [6, 6.07) is 2.78. The second kappa shape index (κ2) is 4.49. The second-order valence-corrected chi connectivity index (χ2v) is 3.95. The van der Waals surface area contributed by atoms with Crippen molar-refractivity contribution < 1.29 is 14.3 Å². The Balaban J connectivity index is 2.88. The number of aryl methyl sites for hydroxylation is 1. The van der Waals surface area contributed by atoms with Crippen LogP contribution in [-0.4, -0.2) is 10.9 Å². The molecular formula is C14H12O4. The van der Waals surface area contributed by atoms with Crippen molar-refractivity contribution in [3.05, 3.63) is 51.9 Å². The number of carbonyl (C=O) groups excluding carboxylic acids is 1. The minimum atomic E-state index is -0.396. The number of fused-ring (bicyclic) bond motifs is 1. The van der Waals surface area contributed by atoms with E-state index in [4.69, 9.17) is 4.42 Å². The van der Waals surface area contributed by atoms with Gasteiger partial charge in [0.05, 0.1) is 11.6 Å². The largest absolute Gasteiger partial charge is 0.507 e. The van der Waals surface area contributed by atoms with E-state index in [1.165, 1.54) is 24.5 Å². The molecule has 0 amide bonds. The Morgan fingerprint density at radius 3 is 2.78 bits per heavy atom. The molecule has 0 saturated carbocycles. The number of hydrogen-bond acceptors (Lipinski definition) is 4. The standard InChI is InChI=1S/C14H12O4/c1-3-4-10(15)12-11(16)6-5-9-13(17)8(2)7-18-14(9)12/h3-7,16H,1-2H3. The third-order valence-electron chi connectivity index (χ3n) is 2.66. The summed E-state index contributed by atoms with van der Waals surface area (Å²) in [4.78, 5) is 23.8. The number of carbonyl (C=O) groups is 1. The molecular weight excluding hydrogens is 232 g/mol. The topological polar surface area (TPSA) is 67.5 Å². The molecule has 4 heteroatoms. The molecule has 1 N–H and O–H groups in total. The second-order valence-electron chi connectivity index (χ2n) is 3.95. The third-order valence-corrected chi connectivity index (χ3v) is 2.66. The highest BCUT2D eigenvalue weighted by Crippen LogP contribution is 2.26. The van der Waals surface area contributed by atoms with Gasteiger partial charge in [0.2, 0.25) is 0 Å². The van der Waals surface area contributed by atoms with Crippen LogP contribution in [0, 0.1) is 6.92 Å². The molecule has 2 aromatic rings. The molecule has 1 aromatic carbocycles. The Labute approximate surface area is 103 Å². The number of hydrogen-bond donors (Lipinski definition) is 1. The summed E-state index contributed by atoms with van der Waals surface area (Å²) in [7, 11) is 0. The van der Waals surface area contributed by atoms with Crippen molar-refractivity contribution in [3.63, 3.8) is 0 Å². The van der Waals surface area contributed by atoms with Gasteiger partial charge < -0.3 is 9.52 Å². The van der Waals surface area contributed by atoms with Crippen LogP contribution >= 0.6 is 0 Å². The first-order valence-electron chi connectivity index (χ1n) is 5.47. The summed E-state index contributed by atoms with van der Waals surface area (Å²) < 4.78 is 5.29. The zero-order valence-corrected chi connectivity index (χ0v) is 10.1. The molecule has 0 bridgehead atoms. The minimum absolute atomic E-state index is 0.0164. The van der Waals surface area contributed by atoms with Gasteiger partial charge in [-0.3, -0.25) is 9.59 Å². The lowest BCUT2D eigenvalue weighted by molar-refractivity contribution is 0.104. The number of phenols is 1. The fourth-order valence-corrected chi connectivity index (χ4v) is 1.76. The zero-order valence-electron chi connectivity index (χ0n) is 10.1. The van der Waals surface area contributed by atoms with Crippen molar-refractivity contribution in [1.82, 2.24) is 0 Å². The van der Waals surface area contributed by atoms with E-state index in [0.29, 0.717) is 10.9 Å². The predicted octanol–water partition coefficient (Wildman–Crippen LogP) is 2.57. The number of benzene rings is 1. The molecule has 0 spiro atoms. The minimum Gasteiger partial charge on any atom is -0.507 e. The van der Waals surface area contributed by atoms with Crippen LogP contribution in [0.1, 0.15) is 22.8 Å². The first-order chi connectivity index (χ1) is 8.56. The molecule has 0 atom stereocenters. The van der Waals surface area contributed by atoms with Crippen molar-refractivity contribution in [2.24, 2.45) is 0 Å². The summed E-state index contributed by atoms with van der Waals surface area (Å²) >= 11 is 0. The lowest BCUT2D eigenvalue weighted by atomic mass is 10.0. The fourth-order valence-electron chi connectivity index (χ4n) is 1.76. The van der Waals surface area contributed by atoms with Crippen LogP contribution in [0.3, 0.4) is 0 Å². The SMILES string of the molecule is CC=CC(=O)c1c(O)ccc2c(=O)c(C)coc12. The third kappa shape index (κ3) is 1.82. The molecule has 1 heterocycles. The molecule has 2 rings (SSSR count). The van der Waals surface area contributed by atoms with Crippen LogP contribution < -0.4 is 5.43 Å². The Morgan fingerprint density at radius 1 is 1.39 bits per heavy atom. The maximum absolute atomic E-state index is 11.9. The van der Waals surface area contributed by atoms with Gasteiger partial charge in [-0.2, -0.15) is 0 Å². The summed E-state index contributed by atoms with van der Waals surface area (Å²) in [5.74, 6) is -0.592. The van der Waals surface area contributed by atoms with E-state index < -0.39 is 5.78 Å². The Kier molecular flexibility index (Phi) is 3.02. The van der Waals surface area contributed by atoms with Crippen molar-refractivity contribution in [2.45, 2.75) is 13.8 Å². The lowest BCUT2D eigenvalue weighted by Gasteiger charge is -2.05. The Bertz CT molecular complexity index is 708. The van der Waals surface area contributed by atoms with E-state index in [9.17, 15) is 14.7 Å². The van der Waals surface area contributed by atoms with Crippen molar-refractivity contribution in [1.29, 1.82) is 0 Å². The summed E-state index contributed by atoms with van der Waals surface area (Å²) in [6.45, 7) is 3.33. The molecule has 0 fully saturated rings. The van der Waals surface area contributed by atoms with E-state index >= 15 is 0 Å². The average Bonchev–Trinajstić information content (AvgIpc) is 2.34. The molecule has 0 aliphatic carbocycles. The smallest absolute Gasteiger partial charge is 0.195 e. The maximum atomic E-state index is 11.9. The summed E-state index contributed by atoms with van der Waals surface area (Å²) in [5.41, 5.74) is 0.389. The normalized spacial score (nSPS) is 11.2. The molecule has 92 valence electrons. The van der Waals surface area contributed by atoms with Crippen LogP contribution in [0.5, 0.6) is 5.75 Å². The molecule has 18 heavy (non-hydrogen) atoms. The van der Waals surface area contributed by atoms with Gasteiger partial charge in [0, 0.05) is 5.56 Å². The van der Waals surface area contributed by atoms with E-state index in [-0.39, 0.29) is 22.3 Å². The highest BCUT2D eigenvalue weighted by atomic mass is 16.3. The highest BCUT2D eigenvalue weighted by molar-refractivity contribution is 6.13. The average molecular weight is 244 g/mol. The van der Waals surface area contributed by atoms with Gasteiger partial charge in [0.25, 0.3) is 0 Å². The van der Waals surface area contributed by atoms with E-state index in [0.717, 1.165) is 0 Å². The van der Waals surface area contributed by atoms with Gasteiger partial charge in [-0.25, -0.2) is 0 Å². The molecule has 0 aliphatic rings. The molecule has 0 radical (unpaired) electrons. The number of allylic oxidation sites excluding steroid dienone is 2. The van der Waals surface area contributed by atoms with Crippen molar-refractivity contribution in [3.8, 4) is 5.75 Å². The van der Waals surface area contributed by atoms with Gasteiger partial charge in [0.1, 0.15) is 11.3 Å². The van der Waals surface area contributed by atoms with Crippen LogP contribution in [0.25, 0.3) is 11.0 Å². The van der Waals surface area contributed by atoms with Crippen LogP contribution in [0.15, 0.2) is 39.8 Å². The van der Waals surface area contributed by atoms with E-state index in [1.54, 1.807) is 19.9 Å². The van der Waals surface area contributed by atoms with E-state index in [2.05, 4.69) is 0 Å². The first-order valence-corrected chi connectivity index (χ1v) is 5.47. The fraction of sp³-hybridized carbons (Fsp3) is 0.143. The first kappa shape index (κ1) is 12.1. The Hall–Kier alpha value is -2.36. The van der Waals surface area contributed by atoms with Crippen molar-refractivity contribution in [2.75, 3.05) is 0 Å². The molecule has 0 unspecified atom stereocenters. The Morgan fingerprint density at radius 2 is 2.11 bits per heavy atom. The molecule has 0 saturated heterocycles. The number of phenolic OH excluding ortho intramolecular Hbond substituents is 1. The lowest BCUT2D eigenvalue weighted by Crippen LogP contribution is -2.07. The molecule has 1 aromatic heterocycles. The van der Waals surface area contributed by atoms with E-state index in [1.807, 2.05) is 0 Å². The molecule has 4 nitrogen and oxygen atoms in total. The quantitative estimate of drug-likeness (QED) is 0.651. The monoisotopic (exact) mass is 244 g/mol. The predicted molar refractivity (Wildman–Crippen MR) is 68.0 cm³/mol. The van der Waals surface area contributed by atoms with Gasteiger partial charge in [-0.05, 0) is 32.1 Å². The summed E-state index contributed by atoms with van der Waals surface area (Å²) in [6.07, 6.45) is 4.16.